The minimum absolute atomic E-state index is 0.0618. The van der Waals surface area contributed by atoms with Crippen LogP contribution in [0.1, 0.15) is 18.9 Å². The molecule has 0 aliphatic carbocycles. The Morgan fingerprint density at radius 2 is 2.16 bits per heavy atom. The molecular formula is C14H22BrN3O. The number of anilines is 1. The zero-order valence-electron chi connectivity index (χ0n) is 11.8. The van der Waals surface area contributed by atoms with E-state index in [9.17, 15) is 4.79 Å². The maximum absolute atomic E-state index is 11.2. The Morgan fingerprint density at radius 3 is 2.74 bits per heavy atom. The van der Waals surface area contributed by atoms with Crippen molar-refractivity contribution < 1.29 is 4.79 Å². The Labute approximate surface area is 123 Å². The average molecular weight is 328 g/mol. The largest absolute Gasteiger partial charge is 0.373 e. The van der Waals surface area contributed by atoms with Gasteiger partial charge in [0.1, 0.15) is 0 Å². The third-order valence-electron chi connectivity index (χ3n) is 2.96. The van der Waals surface area contributed by atoms with Crippen molar-refractivity contribution in [3.05, 3.63) is 28.2 Å². The fourth-order valence-corrected chi connectivity index (χ4v) is 2.48. The number of carbonyl (C=O) groups is 1. The second-order valence-electron chi connectivity index (χ2n) is 4.41. The average Bonchev–Trinajstić information content (AvgIpc) is 2.42. The van der Waals surface area contributed by atoms with Crippen LogP contribution in [-0.2, 0) is 11.3 Å². The van der Waals surface area contributed by atoms with Gasteiger partial charge in [-0.1, -0.05) is 13.0 Å². The van der Waals surface area contributed by atoms with Gasteiger partial charge in [0.05, 0.1) is 5.69 Å². The molecule has 4 nitrogen and oxygen atoms in total. The van der Waals surface area contributed by atoms with E-state index < -0.39 is 0 Å². The van der Waals surface area contributed by atoms with Crippen LogP contribution in [0.3, 0.4) is 0 Å². The second-order valence-corrected chi connectivity index (χ2v) is 5.27. The van der Waals surface area contributed by atoms with Crippen LogP contribution in [-0.4, -0.2) is 33.1 Å². The summed E-state index contributed by atoms with van der Waals surface area (Å²) < 4.78 is 1.06. The highest BCUT2D eigenvalue weighted by Gasteiger charge is 2.08. The van der Waals surface area contributed by atoms with Gasteiger partial charge in [0, 0.05) is 38.1 Å². The lowest BCUT2D eigenvalue weighted by Crippen LogP contribution is -2.26. The van der Waals surface area contributed by atoms with Gasteiger partial charge in [-0.25, -0.2) is 0 Å². The highest BCUT2D eigenvalue weighted by molar-refractivity contribution is 9.10. The van der Waals surface area contributed by atoms with Gasteiger partial charge in [-0.2, -0.15) is 0 Å². The molecule has 0 atom stereocenters. The summed E-state index contributed by atoms with van der Waals surface area (Å²) in [6, 6.07) is 6.31. The molecule has 0 heterocycles. The first kappa shape index (κ1) is 16.0. The normalized spacial score (nSPS) is 10.3. The summed E-state index contributed by atoms with van der Waals surface area (Å²) in [6.07, 6.45) is 0.499. The third-order valence-corrected chi connectivity index (χ3v) is 3.59. The molecule has 0 aliphatic rings. The quantitative estimate of drug-likeness (QED) is 0.806. The van der Waals surface area contributed by atoms with Crippen molar-refractivity contribution in [1.82, 2.24) is 10.6 Å². The summed E-state index contributed by atoms with van der Waals surface area (Å²) in [5.74, 6) is 0.0618. The molecule has 106 valence electrons. The Morgan fingerprint density at radius 1 is 1.42 bits per heavy atom. The molecule has 0 saturated carbocycles. The van der Waals surface area contributed by atoms with Gasteiger partial charge in [0.25, 0.3) is 0 Å². The fourth-order valence-electron chi connectivity index (χ4n) is 1.75. The van der Waals surface area contributed by atoms with E-state index in [4.69, 9.17) is 0 Å². The smallest absolute Gasteiger partial charge is 0.221 e. The third kappa shape index (κ3) is 5.20. The molecule has 1 aromatic rings. The number of nitrogens with one attached hydrogen (secondary N) is 2. The number of hydrogen-bond acceptors (Lipinski definition) is 3. The molecule has 5 heteroatoms. The predicted octanol–water partition coefficient (Wildman–Crippen LogP) is 2.13. The van der Waals surface area contributed by atoms with Crippen LogP contribution in [0, 0.1) is 0 Å². The zero-order chi connectivity index (χ0) is 14.3. The molecule has 1 amide bonds. The van der Waals surface area contributed by atoms with Gasteiger partial charge in [-0.05, 0) is 40.2 Å². The molecule has 0 fully saturated rings. The number of benzene rings is 1. The molecule has 0 aliphatic heterocycles. The minimum atomic E-state index is 0.0618. The summed E-state index contributed by atoms with van der Waals surface area (Å²) in [6.45, 7) is 4.63. The van der Waals surface area contributed by atoms with Crippen LogP contribution in [0.5, 0.6) is 0 Å². The van der Waals surface area contributed by atoms with Crippen LogP contribution >= 0.6 is 15.9 Å². The summed E-state index contributed by atoms with van der Waals surface area (Å²) >= 11 is 3.59. The van der Waals surface area contributed by atoms with E-state index in [1.54, 1.807) is 7.05 Å². The first-order valence-electron chi connectivity index (χ1n) is 6.49. The van der Waals surface area contributed by atoms with E-state index in [1.165, 1.54) is 5.56 Å². The summed E-state index contributed by atoms with van der Waals surface area (Å²) in [5.41, 5.74) is 2.35. The SMILES string of the molecule is CCNCc1ccc(N(C)CCC(=O)NC)c(Br)c1. The lowest BCUT2D eigenvalue weighted by atomic mass is 10.2. The molecule has 0 spiro atoms. The van der Waals surface area contributed by atoms with E-state index in [0.717, 1.165) is 23.2 Å². The number of nitrogens with zero attached hydrogens (tertiary/aromatic N) is 1. The van der Waals surface area contributed by atoms with Gasteiger partial charge in [0.2, 0.25) is 5.91 Å². The molecule has 19 heavy (non-hydrogen) atoms. The fraction of sp³-hybridized carbons (Fsp3) is 0.500. The highest BCUT2D eigenvalue weighted by atomic mass is 79.9. The van der Waals surface area contributed by atoms with Crippen molar-refractivity contribution >= 4 is 27.5 Å². The number of hydrogen-bond donors (Lipinski definition) is 2. The number of rotatable bonds is 7. The van der Waals surface area contributed by atoms with Crippen LogP contribution < -0.4 is 15.5 Å². The van der Waals surface area contributed by atoms with E-state index >= 15 is 0 Å². The van der Waals surface area contributed by atoms with Crippen molar-refractivity contribution in [2.24, 2.45) is 0 Å². The molecule has 1 rings (SSSR count). The minimum Gasteiger partial charge on any atom is -0.373 e. The summed E-state index contributed by atoms with van der Waals surface area (Å²) in [7, 11) is 3.65. The maximum Gasteiger partial charge on any atom is 0.221 e. The Balaban J connectivity index is 2.64. The monoisotopic (exact) mass is 327 g/mol. The Bertz CT molecular complexity index is 423. The van der Waals surface area contributed by atoms with Crippen molar-refractivity contribution in [2.75, 3.05) is 32.1 Å². The standard InChI is InChI=1S/C14H22BrN3O/c1-4-17-10-11-5-6-13(12(15)9-11)18(3)8-7-14(19)16-2/h5-6,9,17H,4,7-8,10H2,1-3H3,(H,16,19). The van der Waals surface area contributed by atoms with Gasteiger partial charge < -0.3 is 15.5 Å². The first-order chi connectivity index (χ1) is 9.08. The van der Waals surface area contributed by atoms with Gasteiger partial charge in [-0.15, -0.1) is 0 Å². The Kier molecular flexibility index (Phi) is 6.87. The molecule has 1 aromatic carbocycles. The maximum atomic E-state index is 11.2. The molecule has 0 saturated heterocycles. The van der Waals surface area contributed by atoms with Gasteiger partial charge in [-0.3, -0.25) is 4.79 Å². The predicted molar refractivity (Wildman–Crippen MR) is 83.5 cm³/mol. The number of carbonyl (C=O) groups excluding carboxylic acids is 1. The van der Waals surface area contributed by atoms with Crippen molar-refractivity contribution in [1.29, 1.82) is 0 Å². The van der Waals surface area contributed by atoms with Crippen LogP contribution in [0.25, 0.3) is 0 Å². The van der Waals surface area contributed by atoms with Crippen molar-refractivity contribution in [3.8, 4) is 0 Å². The van der Waals surface area contributed by atoms with Gasteiger partial charge >= 0.3 is 0 Å². The second kappa shape index (κ2) is 8.17. The van der Waals surface area contributed by atoms with E-state index in [0.29, 0.717) is 13.0 Å². The zero-order valence-corrected chi connectivity index (χ0v) is 13.4. The molecule has 0 radical (unpaired) electrons. The lowest BCUT2D eigenvalue weighted by Gasteiger charge is -2.21. The number of amides is 1. The summed E-state index contributed by atoms with van der Waals surface area (Å²) in [5, 5.41) is 5.93. The topological polar surface area (TPSA) is 44.4 Å². The summed E-state index contributed by atoms with van der Waals surface area (Å²) in [4.78, 5) is 13.3. The highest BCUT2D eigenvalue weighted by Crippen LogP contribution is 2.26. The first-order valence-corrected chi connectivity index (χ1v) is 7.28. The van der Waals surface area contributed by atoms with Crippen LogP contribution in [0.4, 0.5) is 5.69 Å². The molecule has 0 aromatic heterocycles. The molecule has 0 unspecified atom stereocenters. The van der Waals surface area contributed by atoms with Crippen LogP contribution in [0.15, 0.2) is 22.7 Å². The van der Waals surface area contributed by atoms with E-state index in [2.05, 4.69) is 56.6 Å². The van der Waals surface area contributed by atoms with Crippen molar-refractivity contribution in [2.45, 2.75) is 19.9 Å². The molecular weight excluding hydrogens is 306 g/mol. The van der Waals surface area contributed by atoms with Crippen molar-refractivity contribution in [3.63, 3.8) is 0 Å². The lowest BCUT2D eigenvalue weighted by molar-refractivity contribution is -0.120. The number of halogens is 1. The van der Waals surface area contributed by atoms with Gasteiger partial charge in [0.15, 0.2) is 0 Å². The molecule has 2 N–H and O–H groups in total. The Hall–Kier alpha value is -1.07. The van der Waals surface area contributed by atoms with Crippen LogP contribution in [0.2, 0.25) is 0 Å². The van der Waals surface area contributed by atoms with E-state index in [1.807, 2.05) is 7.05 Å². The van der Waals surface area contributed by atoms with E-state index in [-0.39, 0.29) is 5.91 Å². The molecule has 0 bridgehead atoms.